The summed E-state index contributed by atoms with van der Waals surface area (Å²) in [6, 6.07) is 14.6. The molecule has 0 spiro atoms. The van der Waals surface area contributed by atoms with Crippen molar-refractivity contribution in [3.8, 4) is 17.1 Å². The van der Waals surface area contributed by atoms with Crippen LogP contribution in [0.25, 0.3) is 17.4 Å². The summed E-state index contributed by atoms with van der Waals surface area (Å²) in [6.07, 6.45) is 1.54. The number of thioether (sulfide) groups is 1. The molecule has 0 radical (unpaired) electrons. The number of carbonyl (C=O) groups is 3. The lowest BCUT2D eigenvalue weighted by Crippen LogP contribution is -2.44. The van der Waals surface area contributed by atoms with Crippen LogP contribution in [0.2, 0.25) is 0 Å². The highest BCUT2D eigenvalue weighted by molar-refractivity contribution is 8.26. The topological polar surface area (TPSA) is 109 Å². The zero-order valence-corrected chi connectivity index (χ0v) is 19.7. The van der Waals surface area contributed by atoms with Gasteiger partial charge in [0.1, 0.15) is 17.3 Å². The molecule has 0 aliphatic carbocycles. The van der Waals surface area contributed by atoms with Gasteiger partial charge in [-0.15, -0.1) is 0 Å². The molecule has 8 nitrogen and oxygen atoms in total. The van der Waals surface area contributed by atoms with Gasteiger partial charge in [-0.2, -0.15) is 5.01 Å². The van der Waals surface area contributed by atoms with Crippen molar-refractivity contribution in [2.75, 3.05) is 7.11 Å². The Morgan fingerprint density at radius 3 is 2.47 bits per heavy atom. The molecular weight excluding hydrogens is 476 g/mol. The summed E-state index contributed by atoms with van der Waals surface area (Å²) in [5.74, 6) is -0.410. The SMILES string of the molecule is COc1ccc(C(=O)NN2C(=O)/C(=C/c3ccc(-c4ccc(C(=O)O)cc4C)o3)SC2=S)cc1. The standard InChI is InChI=1S/C24H18N2O6S2/c1-13-11-15(23(29)30)5-9-18(13)19-10-8-17(32-19)12-20-22(28)26(24(33)34-20)25-21(27)14-3-6-16(31-2)7-4-14/h3-12H,1-2H3,(H,25,27)(H,29,30)/b20-12-. The van der Waals surface area contributed by atoms with Crippen LogP contribution in [0.1, 0.15) is 32.0 Å². The van der Waals surface area contributed by atoms with Crippen molar-refractivity contribution in [3.05, 3.63) is 82.0 Å². The first kappa shape index (κ1) is 23.3. The number of amides is 2. The van der Waals surface area contributed by atoms with Crippen LogP contribution in [0, 0.1) is 6.92 Å². The first-order valence-electron chi connectivity index (χ1n) is 9.94. The molecule has 172 valence electrons. The highest BCUT2D eigenvalue weighted by atomic mass is 32.2. The van der Waals surface area contributed by atoms with Gasteiger partial charge < -0.3 is 14.3 Å². The van der Waals surface area contributed by atoms with Gasteiger partial charge in [0.05, 0.1) is 17.6 Å². The van der Waals surface area contributed by atoms with Crippen molar-refractivity contribution in [1.29, 1.82) is 0 Å². The molecule has 2 amide bonds. The van der Waals surface area contributed by atoms with Crippen LogP contribution in [0.15, 0.2) is 63.9 Å². The molecule has 1 fully saturated rings. The summed E-state index contributed by atoms with van der Waals surface area (Å²) in [5.41, 5.74) is 4.54. The Balaban J connectivity index is 1.50. The summed E-state index contributed by atoms with van der Waals surface area (Å²) in [5, 5.41) is 10.2. The maximum Gasteiger partial charge on any atom is 0.335 e. The lowest BCUT2D eigenvalue weighted by atomic mass is 10.0. The van der Waals surface area contributed by atoms with E-state index in [1.807, 2.05) is 0 Å². The van der Waals surface area contributed by atoms with E-state index in [1.165, 1.54) is 13.2 Å². The molecule has 2 N–H and O–H groups in total. The molecular formula is C24H18N2O6S2. The van der Waals surface area contributed by atoms with Gasteiger partial charge in [-0.3, -0.25) is 15.0 Å². The number of furan rings is 1. The minimum absolute atomic E-state index is 0.185. The minimum Gasteiger partial charge on any atom is -0.497 e. The lowest BCUT2D eigenvalue weighted by Gasteiger charge is -2.15. The van der Waals surface area contributed by atoms with Gasteiger partial charge in [0.25, 0.3) is 11.8 Å². The number of ether oxygens (including phenoxy) is 1. The van der Waals surface area contributed by atoms with Crippen molar-refractivity contribution < 1.29 is 28.6 Å². The van der Waals surface area contributed by atoms with Crippen molar-refractivity contribution in [2.45, 2.75) is 6.92 Å². The number of nitrogens with zero attached hydrogens (tertiary/aromatic N) is 1. The number of hydrogen-bond donors (Lipinski definition) is 2. The molecule has 1 saturated heterocycles. The van der Waals surface area contributed by atoms with Crippen molar-refractivity contribution in [3.63, 3.8) is 0 Å². The number of aryl methyl sites for hydroxylation is 1. The number of aromatic carboxylic acids is 1. The fraction of sp³-hybridized carbons (Fsp3) is 0.0833. The van der Waals surface area contributed by atoms with Crippen LogP contribution in [0.5, 0.6) is 5.75 Å². The van der Waals surface area contributed by atoms with Gasteiger partial charge in [0.15, 0.2) is 4.32 Å². The molecule has 1 aliphatic rings. The van der Waals surface area contributed by atoms with Crippen LogP contribution in [-0.4, -0.2) is 39.3 Å². The number of thiocarbonyl (C=S) groups is 1. The van der Waals surface area contributed by atoms with Gasteiger partial charge in [-0.1, -0.05) is 17.8 Å². The van der Waals surface area contributed by atoms with Gasteiger partial charge in [-0.25, -0.2) is 4.79 Å². The molecule has 10 heteroatoms. The highest BCUT2D eigenvalue weighted by Gasteiger charge is 2.34. The number of carboxylic acid groups (broad SMARTS) is 1. The Kier molecular flexibility index (Phi) is 6.53. The van der Waals surface area contributed by atoms with E-state index < -0.39 is 17.8 Å². The summed E-state index contributed by atoms with van der Waals surface area (Å²) < 4.78 is 11.1. The zero-order chi connectivity index (χ0) is 24.4. The van der Waals surface area contributed by atoms with E-state index in [0.717, 1.165) is 27.9 Å². The lowest BCUT2D eigenvalue weighted by molar-refractivity contribution is -0.123. The third-order valence-corrected chi connectivity index (χ3v) is 6.30. The molecule has 0 unspecified atom stereocenters. The van der Waals surface area contributed by atoms with E-state index in [2.05, 4.69) is 5.43 Å². The van der Waals surface area contributed by atoms with E-state index in [4.69, 9.17) is 26.5 Å². The van der Waals surface area contributed by atoms with Crippen LogP contribution in [-0.2, 0) is 4.79 Å². The number of rotatable bonds is 6. The molecule has 4 rings (SSSR count). The molecule has 2 heterocycles. The predicted molar refractivity (Wildman–Crippen MR) is 131 cm³/mol. The second-order valence-corrected chi connectivity index (χ2v) is 8.90. The average molecular weight is 495 g/mol. The average Bonchev–Trinajstić information content (AvgIpc) is 3.39. The predicted octanol–water partition coefficient (Wildman–Crippen LogP) is 4.51. The first-order valence-corrected chi connectivity index (χ1v) is 11.2. The molecule has 3 aromatic rings. The summed E-state index contributed by atoms with van der Waals surface area (Å²) in [7, 11) is 1.53. The fourth-order valence-corrected chi connectivity index (χ4v) is 4.41. The summed E-state index contributed by atoms with van der Waals surface area (Å²) >= 11 is 6.31. The normalized spacial score (nSPS) is 14.5. The third kappa shape index (κ3) is 4.73. The monoisotopic (exact) mass is 494 g/mol. The molecule has 1 aromatic heterocycles. The number of nitrogens with one attached hydrogen (secondary N) is 1. The maximum absolute atomic E-state index is 12.8. The Morgan fingerprint density at radius 2 is 1.82 bits per heavy atom. The van der Waals surface area contributed by atoms with E-state index >= 15 is 0 Å². The smallest absolute Gasteiger partial charge is 0.335 e. The molecule has 1 aliphatic heterocycles. The number of hydrazine groups is 1. The maximum atomic E-state index is 12.8. The van der Waals surface area contributed by atoms with E-state index in [0.29, 0.717) is 27.7 Å². The van der Waals surface area contributed by atoms with Crippen LogP contribution < -0.4 is 10.2 Å². The fourth-order valence-electron chi connectivity index (χ4n) is 3.25. The highest BCUT2D eigenvalue weighted by Crippen LogP contribution is 2.33. The Bertz CT molecular complexity index is 1340. The molecule has 0 atom stereocenters. The Morgan fingerprint density at radius 1 is 1.12 bits per heavy atom. The molecule has 2 aromatic carbocycles. The van der Waals surface area contributed by atoms with Crippen molar-refractivity contribution >= 4 is 52.2 Å². The second kappa shape index (κ2) is 9.54. The van der Waals surface area contributed by atoms with E-state index in [1.54, 1.807) is 61.5 Å². The van der Waals surface area contributed by atoms with Gasteiger partial charge in [-0.05, 0) is 73.2 Å². The summed E-state index contributed by atoms with van der Waals surface area (Å²) in [4.78, 5) is 36.8. The van der Waals surface area contributed by atoms with Gasteiger partial charge in [0.2, 0.25) is 0 Å². The zero-order valence-electron chi connectivity index (χ0n) is 18.0. The molecule has 0 bridgehead atoms. The number of methoxy groups -OCH3 is 1. The number of carboxylic acids is 1. The van der Waals surface area contributed by atoms with Crippen LogP contribution in [0.4, 0.5) is 0 Å². The second-order valence-electron chi connectivity index (χ2n) is 7.22. The number of carbonyl (C=O) groups excluding carboxylic acids is 2. The van der Waals surface area contributed by atoms with Gasteiger partial charge >= 0.3 is 5.97 Å². The quantitative estimate of drug-likeness (QED) is 0.381. The van der Waals surface area contributed by atoms with Crippen LogP contribution >= 0.6 is 24.0 Å². The number of benzene rings is 2. The largest absolute Gasteiger partial charge is 0.497 e. The Hall–Kier alpha value is -3.89. The Labute approximate surface area is 204 Å². The van der Waals surface area contributed by atoms with Crippen molar-refractivity contribution in [1.82, 2.24) is 10.4 Å². The van der Waals surface area contributed by atoms with Crippen molar-refractivity contribution in [2.24, 2.45) is 0 Å². The van der Waals surface area contributed by atoms with E-state index in [9.17, 15) is 14.4 Å². The van der Waals surface area contributed by atoms with Gasteiger partial charge in [0, 0.05) is 17.2 Å². The molecule has 0 saturated carbocycles. The first-order chi connectivity index (χ1) is 16.3. The molecule has 34 heavy (non-hydrogen) atoms. The summed E-state index contributed by atoms with van der Waals surface area (Å²) in [6.45, 7) is 1.79. The van der Waals surface area contributed by atoms with E-state index in [-0.39, 0.29) is 9.88 Å². The number of hydrogen-bond acceptors (Lipinski definition) is 7. The minimum atomic E-state index is -1.00. The van der Waals surface area contributed by atoms with Crippen LogP contribution in [0.3, 0.4) is 0 Å². The third-order valence-electron chi connectivity index (χ3n) is 5.00.